The molecule has 0 aliphatic carbocycles. The Balaban J connectivity index is 1.77. The van der Waals surface area contributed by atoms with Crippen molar-refractivity contribution in [3.8, 4) is 0 Å². The van der Waals surface area contributed by atoms with Gasteiger partial charge in [0.1, 0.15) is 0 Å². The summed E-state index contributed by atoms with van der Waals surface area (Å²) in [6.45, 7) is 8.63. The molecular weight excluding hydrogens is 254 g/mol. The molecular formula is C15H27N3O2. The number of rotatable bonds is 3. The maximum Gasteiger partial charge on any atom is 0.236 e. The van der Waals surface area contributed by atoms with E-state index in [2.05, 4.69) is 11.8 Å². The summed E-state index contributed by atoms with van der Waals surface area (Å²) >= 11 is 0. The van der Waals surface area contributed by atoms with Crippen LogP contribution in [0.2, 0.25) is 0 Å². The number of hydrogen-bond donors (Lipinski definition) is 0. The highest BCUT2D eigenvalue weighted by Crippen LogP contribution is 2.17. The fraction of sp³-hybridized carbons (Fsp3) is 0.867. The maximum atomic E-state index is 12.4. The molecule has 0 N–H and O–H groups in total. The number of carbonyl (C=O) groups is 2. The molecule has 0 aromatic carbocycles. The first-order valence-electron chi connectivity index (χ1n) is 7.91. The van der Waals surface area contributed by atoms with E-state index < -0.39 is 0 Å². The molecule has 2 amide bonds. The molecule has 2 heterocycles. The second kappa shape index (κ2) is 7.07. The van der Waals surface area contributed by atoms with Crippen LogP contribution in [0.1, 0.15) is 39.5 Å². The minimum Gasteiger partial charge on any atom is -0.340 e. The standard InChI is InChI=1S/C15H27N3O2/c1-3-14(19)17-10-8-16(9-11-17)12-15(20)18-7-5-4-6-13(18)2/h13H,3-12H2,1-2H3/t13-/m0/s1. The van der Waals surface area contributed by atoms with Gasteiger partial charge in [-0.3, -0.25) is 14.5 Å². The van der Waals surface area contributed by atoms with Gasteiger partial charge in [-0.2, -0.15) is 0 Å². The van der Waals surface area contributed by atoms with Crippen LogP contribution in [0.3, 0.4) is 0 Å². The average Bonchev–Trinajstić information content (AvgIpc) is 2.47. The van der Waals surface area contributed by atoms with Crippen molar-refractivity contribution in [2.75, 3.05) is 39.3 Å². The Morgan fingerprint density at radius 3 is 2.30 bits per heavy atom. The fourth-order valence-corrected chi connectivity index (χ4v) is 3.13. The van der Waals surface area contributed by atoms with Crippen LogP contribution in [0.5, 0.6) is 0 Å². The third-order valence-corrected chi connectivity index (χ3v) is 4.51. The molecule has 0 radical (unpaired) electrons. The van der Waals surface area contributed by atoms with Crippen LogP contribution >= 0.6 is 0 Å². The van der Waals surface area contributed by atoms with E-state index in [1.807, 2.05) is 16.7 Å². The van der Waals surface area contributed by atoms with Crippen LogP contribution in [0.4, 0.5) is 0 Å². The topological polar surface area (TPSA) is 43.9 Å². The van der Waals surface area contributed by atoms with E-state index >= 15 is 0 Å². The van der Waals surface area contributed by atoms with Crippen molar-refractivity contribution in [1.82, 2.24) is 14.7 Å². The SMILES string of the molecule is CCC(=O)N1CCN(CC(=O)N2CCCC[C@@H]2C)CC1. The minimum atomic E-state index is 0.223. The van der Waals surface area contributed by atoms with Crippen LogP contribution in [0.25, 0.3) is 0 Å². The zero-order valence-corrected chi connectivity index (χ0v) is 12.8. The molecule has 2 aliphatic heterocycles. The lowest BCUT2D eigenvalue weighted by molar-refractivity contribution is -0.137. The van der Waals surface area contributed by atoms with Crippen LogP contribution in [-0.2, 0) is 9.59 Å². The lowest BCUT2D eigenvalue weighted by Gasteiger charge is -2.38. The summed E-state index contributed by atoms with van der Waals surface area (Å²) in [5.41, 5.74) is 0. The molecule has 2 saturated heterocycles. The lowest BCUT2D eigenvalue weighted by Crippen LogP contribution is -2.53. The van der Waals surface area contributed by atoms with E-state index in [4.69, 9.17) is 0 Å². The van der Waals surface area contributed by atoms with E-state index in [1.54, 1.807) is 0 Å². The molecule has 0 aromatic rings. The first kappa shape index (κ1) is 15.3. The Hall–Kier alpha value is -1.10. The zero-order chi connectivity index (χ0) is 14.5. The highest BCUT2D eigenvalue weighted by atomic mass is 16.2. The van der Waals surface area contributed by atoms with E-state index in [-0.39, 0.29) is 11.8 Å². The van der Waals surface area contributed by atoms with E-state index in [0.29, 0.717) is 19.0 Å². The predicted molar refractivity (Wildman–Crippen MR) is 78.3 cm³/mol. The Morgan fingerprint density at radius 1 is 1.00 bits per heavy atom. The molecule has 20 heavy (non-hydrogen) atoms. The third-order valence-electron chi connectivity index (χ3n) is 4.51. The second-order valence-electron chi connectivity index (χ2n) is 5.94. The molecule has 1 atom stereocenters. The number of piperazine rings is 1. The van der Waals surface area contributed by atoms with Crippen LogP contribution in [-0.4, -0.2) is 71.8 Å². The van der Waals surface area contributed by atoms with Gasteiger partial charge in [-0.15, -0.1) is 0 Å². The smallest absolute Gasteiger partial charge is 0.236 e. The van der Waals surface area contributed by atoms with Crippen LogP contribution in [0, 0.1) is 0 Å². The molecule has 0 spiro atoms. The number of carbonyl (C=O) groups excluding carboxylic acids is 2. The second-order valence-corrected chi connectivity index (χ2v) is 5.94. The van der Waals surface area contributed by atoms with Gasteiger partial charge in [0, 0.05) is 45.2 Å². The molecule has 0 aromatic heterocycles. The van der Waals surface area contributed by atoms with Crippen molar-refractivity contribution in [3.63, 3.8) is 0 Å². The highest BCUT2D eigenvalue weighted by molar-refractivity contribution is 5.79. The number of amides is 2. The summed E-state index contributed by atoms with van der Waals surface area (Å²) in [6, 6.07) is 0.388. The van der Waals surface area contributed by atoms with E-state index in [9.17, 15) is 9.59 Å². The Kier molecular flexibility index (Phi) is 5.40. The zero-order valence-electron chi connectivity index (χ0n) is 12.8. The lowest BCUT2D eigenvalue weighted by atomic mass is 10.0. The number of likely N-dealkylation sites (tertiary alicyclic amines) is 1. The number of piperidine rings is 1. The summed E-state index contributed by atoms with van der Waals surface area (Å²) in [6.07, 6.45) is 4.08. The quantitative estimate of drug-likeness (QED) is 0.773. The van der Waals surface area contributed by atoms with Gasteiger partial charge in [0.15, 0.2) is 0 Å². The third kappa shape index (κ3) is 3.72. The monoisotopic (exact) mass is 281 g/mol. The summed E-state index contributed by atoms with van der Waals surface area (Å²) in [4.78, 5) is 30.1. The Labute approximate surface area is 121 Å². The predicted octanol–water partition coefficient (Wildman–Crippen LogP) is 0.942. The van der Waals surface area contributed by atoms with Crippen molar-refractivity contribution in [1.29, 1.82) is 0 Å². The van der Waals surface area contributed by atoms with Gasteiger partial charge in [-0.05, 0) is 26.2 Å². The molecule has 2 rings (SSSR count). The maximum absolute atomic E-state index is 12.4. The molecule has 2 aliphatic rings. The largest absolute Gasteiger partial charge is 0.340 e. The summed E-state index contributed by atoms with van der Waals surface area (Å²) in [5.74, 6) is 0.480. The summed E-state index contributed by atoms with van der Waals surface area (Å²) in [7, 11) is 0. The first-order chi connectivity index (χ1) is 9.61. The van der Waals surface area contributed by atoms with Crippen molar-refractivity contribution < 1.29 is 9.59 Å². The molecule has 114 valence electrons. The van der Waals surface area contributed by atoms with Crippen LogP contribution in [0.15, 0.2) is 0 Å². The summed E-state index contributed by atoms with van der Waals surface area (Å²) in [5, 5.41) is 0. The molecule has 2 fully saturated rings. The van der Waals surface area contributed by atoms with E-state index in [0.717, 1.165) is 45.6 Å². The van der Waals surface area contributed by atoms with Gasteiger partial charge in [-0.1, -0.05) is 6.92 Å². The van der Waals surface area contributed by atoms with Crippen molar-refractivity contribution >= 4 is 11.8 Å². The van der Waals surface area contributed by atoms with Gasteiger partial charge < -0.3 is 9.80 Å². The normalized spacial score (nSPS) is 24.8. The first-order valence-corrected chi connectivity index (χ1v) is 7.91. The van der Waals surface area contributed by atoms with Crippen LogP contribution < -0.4 is 0 Å². The highest BCUT2D eigenvalue weighted by Gasteiger charge is 2.26. The van der Waals surface area contributed by atoms with Crippen molar-refractivity contribution in [2.45, 2.75) is 45.6 Å². The Bertz CT molecular complexity index is 351. The van der Waals surface area contributed by atoms with Crippen molar-refractivity contribution in [3.05, 3.63) is 0 Å². The molecule has 0 bridgehead atoms. The Morgan fingerprint density at radius 2 is 1.70 bits per heavy atom. The number of nitrogens with zero attached hydrogens (tertiary/aromatic N) is 3. The van der Waals surface area contributed by atoms with Gasteiger partial charge in [0.05, 0.1) is 6.54 Å². The molecule has 5 nitrogen and oxygen atoms in total. The van der Waals surface area contributed by atoms with Gasteiger partial charge in [0.2, 0.25) is 11.8 Å². The van der Waals surface area contributed by atoms with Gasteiger partial charge in [0.25, 0.3) is 0 Å². The van der Waals surface area contributed by atoms with E-state index in [1.165, 1.54) is 6.42 Å². The molecule has 0 unspecified atom stereocenters. The van der Waals surface area contributed by atoms with Gasteiger partial charge >= 0.3 is 0 Å². The van der Waals surface area contributed by atoms with Gasteiger partial charge in [-0.25, -0.2) is 0 Å². The number of hydrogen-bond acceptors (Lipinski definition) is 3. The summed E-state index contributed by atoms with van der Waals surface area (Å²) < 4.78 is 0. The minimum absolute atomic E-state index is 0.223. The fourth-order valence-electron chi connectivity index (χ4n) is 3.13. The molecule has 0 saturated carbocycles. The van der Waals surface area contributed by atoms with Crippen molar-refractivity contribution in [2.24, 2.45) is 0 Å². The average molecular weight is 281 g/mol. The molecule has 5 heteroatoms.